The Balaban J connectivity index is 1.28. The molecule has 162 valence electrons. The molecule has 2 N–H and O–H groups in total. The number of carbonyl (C=O) groups excluding carboxylic acids is 2. The Morgan fingerprint density at radius 3 is 2.42 bits per heavy atom. The number of hydrogen-bond acceptors (Lipinski definition) is 5. The van der Waals surface area contributed by atoms with E-state index < -0.39 is 5.60 Å². The molecule has 2 amide bonds. The second-order valence-electron chi connectivity index (χ2n) is 8.58. The zero-order chi connectivity index (χ0) is 21.8. The van der Waals surface area contributed by atoms with Crippen LogP contribution in [0.2, 0.25) is 5.02 Å². The van der Waals surface area contributed by atoms with E-state index in [9.17, 15) is 14.7 Å². The molecule has 0 bridgehead atoms. The lowest BCUT2D eigenvalue weighted by atomic mass is 10.0. The third-order valence-electron chi connectivity index (χ3n) is 6.42. The lowest BCUT2D eigenvalue weighted by molar-refractivity contribution is -0.143. The zero-order valence-corrected chi connectivity index (χ0v) is 18.2. The monoisotopic (exact) mass is 440 g/mol. The molecule has 7 nitrogen and oxygen atoms in total. The van der Waals surface area contributed by atoms with Crippen molar-refractivity contribution in [2.24, 2.45) is 0 Å². The van der Waals surface area contributed by atoms with Gasteiger partial charge in [-0.05, 0) is 42.7 Å². The number of benzene rings is 2. The van der Waals surface area contributed by atoms with Crippen LogP contribution < -0.4 is 10.2 Å². The highest BCUT2D eigenvalue weighted by molar-refractivity contribution is 6.33. The summed E-state index contributed by atoms with van der Waals surface area (Å²) in [5.41, 5.74) is 3.48. The summed E-state index contributed by atoms with van der Waals surface area (Å²) in [6, 6.07) is 11.6. The summed E-state index contributed by atoms with van der Waals surface area (Å²) in [7, 11) is 2.04. The SMILES string of the molecule is CN1CNc2cc(-c3ccc(C(=O)N4CCN(C(=O)C5(O)CC5)CC4)cc3Cl)ccc21. The van der Waals surface area contributed by atoms with E-state index in [0.717, 1.165) is 29.2 Å². The van der Waals surface area contributed by atoms with Crippen LogP contribution in [-0.2, 0) is 4.79 Å². The summed E-state index contributed by atoms with van der Waals surface area (Å²) in [4.78, 5) is 30.8. The number of aliphatic hydroxyl groups is 1. The molecular formula is C23H25ClN4O3. The van der Waals surface area contributed by atoms with Gasteiger partial charge in [0.25, 0.3) is 11.8 Å². The standard InChI is InChI=1S/C23H25ClN4O3/c1-26-14-25-19-13-15(3-5-20(19)26)17-4-2-16(12-18(17)24)21(29)27-8-10-28(11-9-27)22(30)23(31)6-7-23/h2-5,12-13,25,31H,6-11,14H2,1H3. The van der Waals surface area contributed by atoms with Gasteiger partial charge in [-0.3, -0.25) is 9.59 Å². The lowest BCUT2D eigenvalue weighted by Crippen LogP contribution is -2.53. The third kappa shape index (κ3) is 3.62. The first-order valence-electron chi connectivity index (χ1n) is 10.6. The first-order valence-corrected chi connectivity index (χ1v) is 10.9. The van der Waals surface area contributed by atoms with E-state index in [2.05, 4.69) is 22.3 Å². The fourth-order valence-corrected chi connectivity index (χ4v) is 4.56. The summed E-state index contributed by atoms with van der Waals surface area (Å²) in [6.45, 7) is 2.55. The van der Waals surface area contributed by atoms with E-state index in [-0.39, 0.29) is 11.8 Å². The summed E-state index contributed by atoms with van der Waals surface area (Å²) in [5, 5.41) is 13.9. The van der Waals surface area contributed by atoms with Crippen LogP contribution in [0.5, 0.6) is 0 Å². The van der Waals surface area contributed by atoms with E-state index in [1.807, 2.05) is 19.2 Å². The normalized spacial score (nSPS) is 19.1. The second kappa shape index (κ2) is 7.43. The minimum absolute atomic E-state index is 0.0945. The highest BCUT2D eigenvalue weighted by Gasteiger charge is 2.50. The molecule has 2 heterocycles. The van der Waals surface area contributed by atoms with E-state index in [4.69, 9.17) is 11.6 Å². The van der Waals surface area contributed by atoms with Crippen molar-refractivity contribution in [2.75, 3.05) is 50.1 Å². The molecule has 0 spiro atoms. The molecule has 1 saturated heterocycles. The maximum atomic E-state index is 13.0. The maximum Gasteiger partial charge on any atom is 0.254 e. The van der Waals surface area contributed by atoms with Crippen molar-refractivity contribution in [3.63, 3.8) is 0 Å². The number of rotatable bonds is 3. The van der Waals surface area contributed by atoms with Crippen LogP contribution in [0.25, 0.3) is 11.1 Å². The number of nitrogens with zero attached hydrogens (tertiary/aromatic N) is 3. The summed E-state index contributed by atoms with van der Waals surface area (Å²) >= 11 is 6.57. The minimum Gasteiger partial charge on any atom is -0.380 e. The average molecular weight is 441 g/mol. The molecule has 2 fully saturated rings. The molecular weight excluding hydrogens is 416 g/mol. The van der Waals surface area contributed by atoms with Crippen molar-refractivity contribution in [2.45, 2.75) is 18.4 Å². The van der Waals surface area contributed by atoms with E-state index >= 15 is 0 Å². The van der Waals surface area contributed by atoms with Crippen molar-refractivity contribution in [1.82, 2.24) is 9.80 Å². The summed E-state index contributed by atoms with van der Waals surface area (Å²) in [6.07, 6.45) is 1.07. The van der Waals surface area contributed by atoms with Gasteiger partial charge in [-0.15, -0.1) is 0 Å². The van der Waals surface area contributed by atoms with Gasteiger partial charge in [-0.1, -0.05) is 23.7 Å². The Morgan fingerprint density at radius 1 is 1.03 bits per heavy atom. The van der Waals surface area contributed by atoms with Crippen LogP contribution in [-0.4, -0.2) is 72.2 Å². The fraction of sp³-hybridized carbons (Fsp3) is 0.391. The molecule has 8 heteroatoms. The molecule has 1 aliphatic carbocycles. The van der Waals surface area contributed by atoms with Crippen molar-refractivity contribution < 1.29 is 14.7 Å². The van der Waals surface area contributed by atoms with Crippen molar-refractivity contribution in [3.8, 4) is 11.1 Å². The van der Waals surface area contributed by atoms with E-state index in [1.54, 1.807) is 21.9 Å². The van der Waals surface area contributed by atoms with Crippen LogP contribution in [0, 0.1) is 0 Å². The predicted octanol–water partition coefficient (Wildman–Crippen LogP) is 2.64. The molecule has 3 aliphatic rings. The molecule has 31 heavy (non-hydrogen) atoms. The van der Waals surface area contributed by atoms with Gasteiger partial charge in [0, 0.05) is 49.4 Å². The van der Waals surface area contributed by atoms with Gasteiger partial charge in [-0.25, -0.2) is 0 Å². The quantitative estimate of drug-likeness (QED) is 0.767. The van der Waals surface area contributed by atoms with Gasteiger partial charge in [0.2, 0.25) is 0 Å². The van der Waals surface area contributed by atoms with Crippen molar-refractivity contribution in [1.29, 1.82) is 0 Å². The van der Waals surface area contributed by atoms with Crippen LogP contribution in [0.1, 0.15) is 23.2 Å². The molecule has 5 rings (SSSR count). The number of piperazine rings is 1. The maximum absolute atomic E-state index is 13.0. The highest BCUT2D eigenvalue weighted by atomic mass is 35.5. The van der Waals surface area contributed by atoms with E-state index in [1.165, 1.54) is 0 Å². The van der Waals surface area contributed by atoms with Gasteiger partial charge < -0.3 is 25.1 Å². The number of anilines is 2. The highest BCUT2D eigenvalue weighted by Crippen LogP contribution is 2.38. The number of fused-ring (bicyclic) bond motifs is 1. The smallest absolute Gasteiger partial charge is 0.254 e. The number of carbonyl (C=O) groups is 2. The van der Waals surface area contributed by atoms with Gasteiger partial charge in [-0.2, -0.15) is 0 Å². The average Bonchev–Trinajstić information content (AvgIpc) is 3.44. The Labute approximate surface area is 186 Å². The van der Waals surface area contributed by atoms with Gasteiger partial charge in [0.05, 0.1) is 18.0 Å². The molecule has 2 aromatic carbocycles. The van der Waals surface area contributed by atoms with Gasteiger partial charge >= 0.3 is 0 Å². The van der Waals surface area contributed by atoms with Crippen molar-refractivity contribution in [3.05, 3.63) is 47.0 Å². The molecule has 1 saturated carbocycles. The zero-order valence-electron chi connectivity index (χ0n) is 17.4. The van der Waals surface area contributed by atoms with Gasteiger partial charge in [0.1, 0.15) is 5.60 Å². The van der Waals surface area contributed by atoms with Gasteiger partial charge in [0.15, 0.2) is 0 Å². The first-order chi connectivity index (χ1) is 14.9. The fourth-order valence-electron chi connectivity index (χ4n) is 4.27. The predicted molar refractivity (Wildman–Crippen MR) is 120 cm³/mol. The second-order valence-corrected chi connectivity index (χ2v) is 8.98. The van der Waals surface area contributed by atoms with Crippen LogP contribution in [0.4, 0.5) is 11.4 Å². The third-order valence-corrected chi connectivity index (χ3v) is 6.73. The molecule has 2 aromatic rings. The summed E-state index contributed by atoms with van der Waals surface area (Å²) in [5.74, 6) is -0.301. The Bertz CT molecular complexity index is 1060. The summed E-state index contributed by atoms with van der Waals surface area (Å²) < 4.78 is 0. The molecule has 0 unspecified atom stereocenters. The molecule has 0 radical (unpaired) electrons. The Morgan fingerprint density at radius 2 is 1.74 bits per heavy atom. The number of halogens is 1. The topological polar surface area (TPSA) is 76.1 Å². The molecule has 0 aromatic heterocycles. The largest absolute Gasteiger partial charge is 0.380 e. The number of amides is 2. The minimum atomic E-state index is -1.15. The Kier molecular flexibility index (Phi) is 4.83. The number of nitrogens with one attached hydrogen (secondary N) is 1. The molecule has 2 aliphatic heterocycles. The number of hydrogen-bond donors (Lipinski definition) is 2. The lowest BCUT2D eigenvalue weighted by Gasteiger charge is -2.35. The van der Waals surface area contributed by atoms with Crippen molar-refractivity contribution >= 4 is 34.8 Å². The Hall–Kier alpha value is -2.77. The molecule has 0 atom stereocenters. The van der Waals surface area contributed by atoms with Crippen LogP contribution in [0.15, 0.2) is 36.4 Å². The van der Waals surface area contributed by atoms with Crippen LogP contribution >= 0.6 is 11.6 Å². The van der Waals surface area contributed by atoms with Crippen LogP contribution in [0.3, 0.4) is 0 Å². The van der Waals surface area contributed by atoms with E-state index in [0.29, 0.717) is 49.6 Å². The first kappa shape index (κ1) is 20.2.